The number of nitrogens with one attached hydrogen (secondary N) is 1. The van der Waals surface area contributed by atoms with Crippen LogP contribution >= 0.6 is 36.4 Å². The summed E-state index contributed by atoms with van der Waals surface area (Å²) in [5.41, 5.74) is 2.42. The minimum absolute atomic E-state index is 0. The number of carbonyl (C=O) groups is 1. The van der Waals surface area contributed by atoms with Crippen LogP contribution < -0.4 is 15.0 Å². The highest BCUT2D eigenvalue weighted by atomic mass is 35.5. The summed E-state index contributed by atoms with van der Waals surface area (Å²) in [6, 6.07) is 11.7. The highest BCUT2D eigenvalue weighted by molar-refractivity contribution is 7.59. The standard InChI is InChI=1S/C24H27ClN4O2S.H2S/c1-26-9-8-22(23-4-3-13-32-23)31-18-6-5-17(20(25)14-18)16-29-12-11-28(2)21-7-10-27-15-19(21)24(29)30;/h3-7,10,13-15,22,26H,8-9,11-12,16H2,1-2H3;1H2/t22-;/m0./s1. The van der Waals surface area contributed by atoms with Gasteiger partial charge in [0.05, 0.1) is 11.3 Å². The third kappa shape index (κ3) is 6.00. The van der Waals surface area contributed by atoms with Gasteiger partial charge < -0.3 is 19.9 Å². The highest BCUT2D eigenvalue weighted by Crippen LogP contribution is 2.31. The van der Waals surface area contributed by atoms with Gasteiger partial charge in [-0.2, -0.15) is 13.5 Å². The molecule has 2 aromatic heterocycles. The number of benzene rings is 1. The van der Waals surface area contributed by atoms with Crippen molar-refractivity contribution < 1.29 is 9.53 Å². The van der Waals surface area contributed by atoms with Crippen molar-refractivity contribution in [2.24, 2.45) is 0 Å². The van der Waals surface area contributed by atoms with Crippen molar-refractivity contribution in [2.75, 3.05) is 38.6 Å². The highest BCUT2D eigenvalue weighted by Gasteiger charge is 2.25. The van der Waals surface area contributed by atoms with Gasteiger partial charge in [0.1, 0.15) is 11.9 Å². The molecule has 0 bridgehead atoms. The first-order chi connectivity index (χ1) is 15.6. The molecule has 0 saturated heterocycles. The number of fused-ring (bicyclic) bond motifs is 1. The van der Waals surface area contributed by atoms with Crippen LogP contribution in [0.5, 0.6) is 5.75 Å². The molecule has 0 fully saturated rings. The summed E-state index contributed by atoms with van der Waals surface area (Å²) < 4.78 is 6.28. The van der Waals surface area contributed by atoms with Crippen molar-refractivity contribution in [1.29, 1.82) is 0 Å². The maximum Gasteiger partial charge on any atom is 0.257 e. The summed E-state index contributed by atoms with van der Waals surface area (Å²) in [5, 5.41) is 5.84. The molecule has 0 radical (unpaired) electrons. The molecule has 176 valence electrons. The molecule has 9 heteroatoms. The minimum Gasteiger partial charge on any atom is -0.485 e. The van der Waals surface area contributed by atoms with Gasteiger partial charge in [-0.25, -0.2) is 0 Å². The van der Waals surface area contributed by atoms with Crippen LogP contribution in [0.25, 0.3) is 0 Å². The van der Waals surface area contributed by atoms with E-state index in [2.05, 4.69) is 26.6 Å². The van der Waals surface area contributed by atoms with Crippen molar-refractivity contribution >= 4 is 48.0 Å². The Bertz CT molecular complexity index is 1060. The predicted octanol–water partition coefficient (Wildman–Crippen LogP) is 4.73. The molecular weight excluding hydrogens is 476 g/mol. The lowest BCUT2D eigenvalue weighted by molar-refractivity contribution is 0.0754. The number of hydrogen-bond donors (Lipinski definition) is 1. The number of aromatic nitrogens is 1. The number of pyridine rings is 1. The van der Waals surface area contributed by atoms with Crippen molar-refractivity contribution in [3.05, 3.63) is 75.2 Å². The van der Waals surface area contributed by atoms with Gasteiger partial charge in [0.15, 0.2) is 0 Å². The zero-order chi connectivity index (χ0) is 22.5. The largest absolute Gasteiger partial charge is 0.485 e. The number of rotatable bonds is 8. The molecule has 0 spiro atoms. The fourth-order valence-corrected chi connectivity index (χ4v) is 4.83. The van der Waals surface area contributed by atoms with Gasteiger partial charge in [-0.05, 0) is 48.8 Å². The summed E-state index contributed by atoms with van der Waals surface area (Å²) in [5.74, 6) is 0.698. The molecular formula is C24H29ClN4O2S2. The van der Waals surface area contributed by atoms with E-state index in [1.54, 1.807) is 23.7 Å². The van der Waals surface area contributed by atoms with Crippen LogP contribution in [-0.2, 0) is 6.54 Å². The lowest BCUT2D eigenvalue weighted by atomic mass is 10.1. The van der Waals surface area contributed by atoms with E-state index in [1.165, 1.54) is 4.88 Å². The monoisotopic (exact) mass is 504 g/mol. The molecule has 0 unspecified atom stereocenters. The van der Waals surface area contributed by atoms with Crippen LogP contribution in [0, 0.1) is 0 Å². The lowest BCUT2D eigenvalue weighted by Crippen LogP contribution is -2.33. The number of nitrogens with zero attached hydrogens (tertiary/aromatic N) is 3. The number of halogens is 1. The Morgan fingerprint density at radius 1 is 1.27 bits per heavy atom. The lowest BCUT2D eigenvalue weighted by Gasteiger charge is -2.22. The maximum absolute atomic E-state index is 13.1. The summed E-state index contributed by atoms with van der Waals surface area (Å²) in [6.45, 7) is 2.66. The summed E-state index contributed by atoms with van der Waals surface area (Å²) in [4.78, 5) is 22.4. The third-order valence-corrected chi connectivity index (χ3v) is 6.93. The molecule has 33 heavy (non-hydrogen) atoms. The number of likely N-dealkylation sites (N-methyl/N-ethyl adjacent to an activating group) is 1. The molecule has 1 aliphatic rings. The van der Waals surface area contributed by atoms with Crippen LogP contribution in [0.4, 0.5) is 5.69 Å². The van der Waals surface area contributed by atoms with Gasteiger partial charge in [-0.3, -0.25) is 9.78 Å². The van der Waals surface area contributed by atoms with E-state index in [9.17, 15) is 4.79 Å². The van der Waals surface area contributed by atoms with Crippen molar-refractivity contribution in [1.82, 2.24) is 15.2 Å². The first-order valence-electron chi connectivity index (χ1n) is 10.6. The average molecular weight is 505 g/mol. The zero-order valence-corrected chi connectivity index (χ0v) is 21.3. The van der Waals surface area contributed by atoms with Gasteiger partial charge in [0.2, 0.25) is 0 Å². The topological polar surface area (TPSA) is 57.7 Å². The minimum atomic E-state index is -0.0314. The number of carbonyl (C=O) groups excluding carboxylic acids is 1. The Labute approximate surface area is 211 Å². The smallest absolute Gasteiger partial charge is 0.257 e. The Morgan fingerprint density at radius 2 is 2.12 bits per heavy atom. The SMILES string of the molecule is CNCC[C@H](Oc1ccc(CN2CCN(C)c3ccncc3C2=O)c(Cl)c1)c1cccs1.S. The molecule has 4 rings (SSSR count). The van der Waals surface area contributed by atoms with Crippen LogP contribution in [0.15, 0.2) is 54.2 Å². The number of amides is 1. The first-order valence-corrected chi connectivity index (χ1v) is 11.9. The summed E-state index contributed by atoms with van der Waals surface area (Å²) >= 11 is 8.32. The van der Waals surface area contributed by atoms with E-state index in [0.717, 1.165) is 36.5 Å². The maximum atomic E-state index is 13.1. The van der Waals surface area contributed by atoms with Gasteiger partial charge in [0.25, 0.3) is 5.91 Å². The quantitative estimate of drug-likeness (QED) is 0.480. The molecule has 1 atom stereocenters. The second-order valence-corrected chi connectivity index (χ2v) is 9.19. The summed E-state index contributed by atoms with van der Waals surface area (Å²) in [7, 11) is 3.93. The van der Waals surface area contributed by atoms with Gasteiger partial charge >= 0.3 is 0 Å². The Morgan fingerprint density at radius 3 is 2.85 bits per heavy atom. The third-order valence-electron chi connectivity index (χ3n) is 5.61. The normalized spacial score (nSPS) is 14.3. The van der Waals surface area contributed by atoms with Crippen molar-refractivity contribution in [3.8, 4) is 5.75 Å². The Balaban J connectivity index is 0.00000306. The first kappa shape index (κ1) is 25.4. The fraction of sp³-hybridized carbons (Fsp3) is 0.333. The molecule has 1 aliphatic heterocycles. The number of thiophene rings is 1. The van der Waals surface area contributed by atoms with Gasteiger partial charge in [-0.15, -0.1) is 11.3 Å². The zero-order valence-electron chi connectivity index (χ0n) is 18.8. The van der Waals surface area contributed by atoms with Crippen LogP contribution in [0.2, 0.25) is 5.02 Å². The van der Waals surface area contributed by atoms with Gasteiger partial charge in [-0.1, -0.05) is 23.7 Å². The molecule has 0 saturated carbocycles. The second-order valence-electron chi connectivity index (χ2n) is 7.81. The van der Waals surface area contributed by atoms with Crippen LogP contribution in [0.3, 0.4) is 0 Å². The Kier molecular flexibility index (Phi) is 9.02. The summed E-state index contributed by atoms with van der Waals surface area (Å²) in [6.07, 6.45) is 4.19. The average Bonchev–Trinajstić information content (AvgIpc) is 3.31. The van der Waals surface area contributed by atoms with E-state index in [1.807, 2.05) is 49.3 Å². The molecule has 6 nitrogen and oxygen atoms in total. The fourth-order valence-electron chi connectivity index (χ4n) is 3.81. The molecule has 1 N–H and O–H groups in total. The van der Waals surface area contributed by atoms with Crippen molar-refractivity contribution in [2.45, 2.75) is 19.1 Å². The van der Waals surface area contributed by atoms with Crippen molar-refractivity contribution in [3.63, 3.8) is 0 Å². The van der Waals surface area contributed by atoms with E-state index < -0.39 is 0 Å². The number of hydrogen-bond acceptors (Lipinski definition) is 6. The molecule has 0 aliphatic carbocycles. The molecule has 1 amide bonds. The van der Waals surface area contributed by atoms with E-state index in [-0.39, 0.29) is 25.5 Å². The van der Waals surface area contributed by atoms with Crippen LogP contribution in [-0.4, -0.2) is 49.5 Å². The van der Waals surface area contributed by atoms with E-state index in [4.69, 9.17) is 16.3 Å². The molecule has 3 aromatic rings. The van der Waals surface area contributed by atoms with E-state index in [0.29, 0.717) is 23.7 Å². The Hall–Kier alpha value is -2.26. The number of ether oxygens (including phenoxy) is 1. The second kappa shape index (κ2) is 11.7. The van der Waals surface area contributed by atoms with Gasteiger partial charge in [0, 0.05) is 55.4 Å². The molecule has 3 heterocycles. The number of anilines is 1. The van der Waals surface area contributed by atoms with E-state index >= 15 is 0 Å². The van der Waals surface area contributed by atoms with Crippen LogP contribution in [0.1, 0.15) is 33.3 Å². The predicted molar refractivity (Wildman–Crippen MR) is 140 cm³/mol. The molecule has 1 aromatic carbocycles.